The van der Waals surface area contributed by atoms with Crippen LogP contribution in [0.4, 0.5) is 11.4 Å². The molecule has 4 rings (SSSR count). The van der Waals surface area contributed by atoms with Gasteiger partial charge in [0.1, 0.15) is 10.6 Å². The largest absolute Gasteiger partial charge is 0.482 e. The third-order valence-corrected chi connectivity index (χ3v) is 8.25. The molecule has 2 N–H and O–H groups in total. The van der Waals surface area contributed by atoms with Gasteiger partial charge in [-0.2, -0.15) is 4.31 Å². The highest BCUT2D eigenvalue weighted by Crippen LogP contribution is 2.37. The Morgan fingerprint density at radius 2 is 1.88 bits per heavy atom. The van der Waals surface area contributed by atoms with E-state index in [1.54, 1.807) is 0 Å². The molecule has 2 amide bonds. The van der Waals surface area contributed by atoms with Gasteiger partial charge in [0.2, 0.25) is 15.9 Å². The predicted molar refractivity (Wildman–Crippen MR) is 122 cm³/mol. The van der Waals surface area contributed by atoms with E-state index in [2.05, 4.69) is 10.6 Å². The molecule has 2 aromatic rings. The Labute approximate surface area is 191 Å². The molecular formula is C22H24ClN3O5S. The van der Waals surface area contributed by atoms with Crippen molar-refractivity contribution in [2.45, 2.75) is 31.6 Å². The molecule has 0 unspecified atom stereocenters. The van der Waals surface area contributed by atoms with Crippen LogP contribution in [0, 0.1) is 19.8 Å². The Bertz CT molecular complexity index is 1190. The first kappa shape index (κ1) is 22.6. The van der Waals surface area contributed by atoms with Gasteiger partial charge in [-0.3, -0.25) is 9.59 Å². The molecule has 8 nitrogen and oxygen atoms in total. The first-order valence-electron chi connectivity index (χ1n) is 10.3. The Balaban J connectivity index is 1.44. The highest BCUT2D eigenvalue weighted by molar-refractivity contribution is 7.89. The summed E-state index contributed by atoms with van der Waals surface area (Å²) in [5.41, 5.74) is 3.32. The molecule has 0 spiro atoms. The molecule has 2 aromatic carbocycles. The van der Waals surface area contributed by atoms with Crippen LogP contribution in [0.2, 0.25) is 5.02 Å². The van der Waals surface area contributed by atoms with E-state index in [9.17, 15) is 18.0 Å². The quantitative estimate of drug-likeness (QED) is 0.702. The van der Waals surface area contributed by atoms with Crippen molar-refractivity contribution in [1.29, 1.82) is 0 Å². The van der Waals surface area contributed by atoms with Crippen LogP contribution < -0.4 is 15.4 Å². The summed E-state index contributed by atoms with van der Waals surface area (Å²) in [6.07, 6.45) is 0.816. The van der Waals surface area contributed by atoms with Gasteiger partial charge in [0.25, 0.3) is 5.91 Å². The number of amides is 2. The topological polar surface area (TPSA) is 105 Å². The number of hydrogen-bond donors (Lipinski definition) is 2. The predicted octanol–water partition coefficient (Wildman–Crippen LogP) is 3.33. The van der Waals surface area contributed by atoms with Crippen LogP contribution in [0.1, 0.15) is 24.0 Å². The first-order chi connectivity index (χ1) is 15.1. The molecule has 1 fully saturated rings. The van der Waals surface area contributed by atoms with E-state index in [0.717, 1.165) is 16.8 Å². The number of rotatable bonds is 4. The summed E-state index contributed by atoms with van der Waals surface area (Å²) in [4.78, 5) is 24.1. The second kappa shape index (κ2) is 8.73. The lowest BCUT2D eigenvalue weighted by molar-refractivity contribution is -0.121. The van der Waals surface area contributed by atoms with Gasteiger partial charge >= 0.3 is 0 Å². The van der Waals surface area contributed by atoms with Crippen LogP contribution in [0.3, 0.4) is 0 Å². The maximum atomic E-state index is 13.2. The van der Waals surface area contributed by atoms with Crippen LogP contribution in [-0.4, -0.2) is 44.2 Å². The summed E-state index contributed by atoms with van der Waals surface area (Å²) in [7, 11) is -3.88. The number of aryl methyl sites for hydroxylation is 2. The molecule has 1 saturated heterocycles. The number of nitrogens with one attached hydrogen (secondary N) is 2. The highest BCUT2D eigenvalue weighted by Gasteiger charge is 2.34. The summed E-state index contributed by atoms with van der Waals surface area (Å²) >= 11 is 6.23. The van der Waals surface area contributed by atoms with Crippen molar-refractivity contribution >= 4 is 44.8 Å². The summed E-state index contributed by atoms with van der Waals surface area (Å²) in [6, 6.07) is 8.46. The van der Waals surface area contributed by atoms with E-state index in [4.69, 9.17) is 16.3 Å². The van der Waals surface area contributed by atoms with Gasteiger partial charge in [-0.15, -0.1) is 0 Å². The van der Waals surface area contributed by atoms with Gasteiger partial charge in [-0.05, 0) is 56.0 Å². The molecule has 10 heteroatoms. The Morgan fingerprint density at radius 1 is 1.16 bits per heavy atom. The van der Waals surface area contributed by atoms with Crippen molar-refractivity contribution in [2.24, 2.45) is 5.92 Å². The van der Waals surface area contributed by atoms with Crippen molar-refractivity contribution in [2.75, 3.05) is 30.3 Å². The molecule has 0 aliphatic carbocycles. The zero-order valence-corrected chi connectivity index (χ0v) is 19.3. The number of nitrogens with zero attached hydrogens (tertiary/aromatic N) is 1. The van der Waals surface area contributed by atoms with Gasteiger partial charge in [0.15, 0.2) is 6.61 Å². The number of anilines is 2. The minimum Gasteiger partial charge on any atom is -0.482 e. The van der Waals surface area contributed by atoms with Crippen molar-refractivity contribution in [1.82, 2.24) is 4.31 Å². The van der Waals surface area contributed by atoms with E-state index in [-0.39, 0.29) is 53.1 Å². The van der Waals surface area contributed by atoms with Crippen LogP contribution in [-0.2, 0) is 19.6 Å². The van der Waals surface area contributed by atoms with E-state index >= 15 is 0 Å². The molecule has 0 radical (unpaired) electrons. The third-order valence-electron chi connectivity index (χ3n) is 5.88. The molecule has 0 bridgehead atoms. The number of hydrogen-bond acceptors (Lipinski definition) is 5. The molecule has 0 aromatic heterocycles. The smallest absolute Gasteiger partial charge is 0.262 e. The Hall–Kier alpha value is -2.62. The lowest BCUT2D eigenvalue weighted by Gasteiger charge is -2.31. The standard InChI is InChI=1S/C22H24ClN3O5S/c1-13-3-4-16(9-14(13)2)24-22(28)15-5-7-26(8-6-15)32(29,30)20-11-19-18(10-17(20)23)25-21(27)12-31-19/h3-4,9-11,15H,5-8,12H2,1-2H3,(H,24,28)(H,25,27). The van der Waals surface area contributed by atoms with E-state index in [1.165, 1.54) is 16.4 Å². The zero-order chi connectivity index (χ0) is 23.0. The van der Waals surface area contributed by atoms with Gasteiger partial charge in [0.05, 0.1) is 10.7 Å². The van der Waals surface area contributed by atoms with Crippen LogP contribution in [0.25, 0.3) is 0 Å². The molecule has 2 aliphatic rings. The second-order valence-electron chi connectivity index (χ2n) is 8.08. The molecule has 0 saturated carbocycles. The minimum atomic E-state index is -3.88. The van der Waals surface area contributed by atoms with Crippen molar-refractivity contribution in [3.63, 3.8) is 0 Å². The van der Waals surface area contributed by atoms with Gasteiger partial charge in [-0.25, -0.2) is 8.42 Å². The number of halogens is 1. The molecule has 170 valence electrons. The number of benzene rings is 2. The fraction of sp³-hybridized carbons (Fsp3) is 0.364. The highest BCUT2D eigenvalue weighted by atomic mass is 35.5. The summed E-state index contributed by atoms with van der Waals surface area (Å²) < 4.78 is 33.0. The average Bonchev–Trinajstić information content (AvgIpc) is 2.75. The lowest BCUT2D eigenvalue weighted by atomic mass is 9.97. The fourth-order valence-corrected chi connectivity index (χ4v) is 5.83. The fourth-order valence-electron chi connectivity index (χ4n) is 3.84. The lowest BCUT2D eigenvalue weighted by Crippen LogP contribution is -2.41. The SMILES string of the molecule is Cc1ccc(NC(=O)C2CCN(S(=O)(=O)c3cc4c(cc3Cl)NC(=O)CO4)CC2)cc1C. The Kier molecular flexibility index (Phi) is 6.15. The number of carbonyl (C=O) groups is 2. The minimum absolute atomic E-state index is 0.00385. The van der Waals surface area contributed by atoms with Crippen molar-refractivity contribution in [3.05, 3.63) is 46.5 Å². The monoisotopic (exact) mass is 477 g/mol. The van der Waals surface area contributed by atoms with E-state index in [0.29, 0.717) is 18.5 Å². The molecule has 2 heterocycles. The molecular weight excluding hydrogens is 454 g/mol. The molecule has 2 aliphatic heterocycles. The van der Waals surface area contributed by atoms with Crippen LogP contribution in [0.5, 0.6) is 5.75 Å². The number of fused-ring (bicyclic) bond motifs is 1. The maximum Gasteiger partial charge on any atom is 0.262 e. The van der Waals surface area contributed by atoms with Crippen molar-refractivity contribution in [3.8, 4) is 5.75 Å². The first-order valence-corrected chi connectivity index (χ1v) is 12.1. The van der Waals surface area contributed by atoms with Crippen LogP contribution in [0.15, 0.2) is 35.2 Å². The van der Waals surface area contributed by atoms with Crippen molar-refractivity contribution < 1.29 is 22.7 Å². The number of piperidine rings is 1. The third kappa shape index (κ3) is 4.46. The summed E-state index contributed by atoms with van der Waals surface area (Å²) in [5, 5.41) is 5.54. The maximum absolute atomic E-state index is 13.2. The number of ether oxygens (including phenoxy) is 1. The van der Waals surface area contributed by atoms with Gasteiger partial charge < -0.3 is 15.4 Å². The molecule has 0 atom stereocenters. The molecule has 32 heavy (non-hydrogen) atoms. The van der Waals surface area contributed by atoms with Gasteiger partial charge in [0, 0.05) is 30.8 Å². The van der Waals surface area contributed by atoms with Gasteiger partial charge in [-0.1, -0.05) is 17.7 Å². The van der Waals surface area contributed by atoms with E-state index < -0.39 is 10.0 Å². The normalized spacial score (nSPS) is 17.3. The number of carbonyl (C=O) groups excluding carboxylic acids is 2. The van der Waals surface area contributed by atoms with Crippen LogP contribution >= 0.6 is 11.6 Å². The average molecular weight is 478 g/mol. The Morgan fingerprint density at radius 3 is 2.56 bits per heavy atom. The zero-order valence-electron chi connectivity index (χ0n) is 17.8. The second-order valence-corrected chi connectivity index (χ2v) is 10.4. The summed E-state index contributed by atoms with van der Waals surface area (Å²) in [5.74, 6) is -0.456. The van der Waals surface area contributed by atoms with E-state index in [1.807, 2.05) is 32.0 Å². The number of sulfonamides is 1. The summed E-state index contributed by atoms with van der Waals surface area (Å²) in [6.45, 7) is 4.22.